The van der Waals surface area contributed by atoms with Crippen LogP contribution in [0, 0.1) is 0 Å². The molecule has 1 aromatic carbocycles. The van der Waals surface area contributed by atoms with Crippen molar-refractivity contribution in [2.24, 2.45) is 0 Å². The van der Waals surface area contributed by atoms with Crippen LogP contribution in [0.3, 0.4) is 0 Å². The van der Waals surface area contributed by atoms with E-state index in [0.717, 1.165) is 5.56 Å². The number of sulfone groups is 1. The summed E-state index contributed by atoms with van der Waals surface area (Å²) in [6, 6.07) is 8.92. The van der Waals surface area contributed by atoms with Crippen molar-refractivity contribution in [1.29, 1.82) is 0 Å². The number of benzene rings is 1. The second kappa shape index (κ2) is 6.70. The zero-order valence-corrected chi connectivity index (χ0v) is 12.1. The van der Waals surface area contributed by atoms with Gasteiger partial charge in [-0.3, -0.25) is 4.79 Å². The van der Waals surface area contributed by atoms with Gasteiger partial charge in [0, 0.05) is 0 Å². The molecular formula is C14H20O4S. The number of carbonyl (C=O) groups is 1. The first-order chi connectivity index (χ1) is 8.84. The Kier molecular flexibility index (Phi) is 5.54. The van der Waals surface area contributed by atoms with Gasteiger partial charge in [-0.05, 0) is 32.3 Å². The Labute approximate surface area is 114 Å². The highest BCUT2D eigenvalue weighted by Crippen LogP contribution is 2.22. The number of aliphatic carboxylic acids is 1. The highest BCUT2D eigenvalue weighted by Gasteiger charge is 2.21. The molecule has 1 atom stereocenters. The zero-order chi connectivity index (χ0) is 14.5. The lowest BCUT2D eigenvalue weighted by molar-refractivity contribution is -0.139. The van der Waals surface area contributed by atoms with E-state index in [-0.39, 0.29) is 5.75 Å². The zero-order valence-electron chi connectivity index (χ0n) is 11.2. The van der Waals surface area contributed by atoms with E-state index in [4.69, 9.17) is 0 Å². The molecule has 1 N–H and O–H groups in total. The third kappa shape index (κ3) is 4.67. The van der Waals surface area contributed by atoms with E-state index in [0.29, 0.717) is 12.8 Å². The van der Waals surface area contributed by atoms with Crippen molar-refractivity contribution in [3.63, 3.8) is 0 Å². The largest absolute Gasteiger partial charge is 0.481 e. The van der Waals surface area contributed by atoms with Crippen molar-refractivity contribution in [3.05, 3.63) is 35.9 Å². The van der Waals surface area contributed by atoms with Crippen LogP contribution in [0.1, 0.15) is 38.2 Å². The van der Waals surface area contributed by atoms with E-state index in [2.05, 4.69) is 0 Å². The lowest BCUT2D eigenvalue weighted by atomic mass is 9.95. The molecule has 0 spiro atoms. The molecule has 0 fully saturated rings. The van der Waals surface area contributed by atoms with Gasteiger partial charge in [-0.15, -0.1) is 0 Å². The Balaban J connectivity index is 2.65. The molecule has 0 bridgehead atoms. The van der Waals surface area contributed by atoms with Crippen molar-refractivity contribution >= 4 is 15.8 Å². The minimum Gasteiger partial charge on any atom is -0.481 e. The number of rotatable bonds is 7. The van der Waals surface area contributed by atoms with E-state index < -0.39 is 27.0 Å². The summed E-state index contributed by atoms with van der Waals surface area (Å²) in [6.07, 6.45) is 0.706. The predicted octanol–water partition coefficient (Wildman–Crippen LogP) is 2.46. The molecule has 5 heteroatoms. The molecule has 0 heterocycles. The summed E-state index contributed by atoms with van der Waals surface area (Å²) in [7, 11) is -3.09. The van der Waals surface area contributed by atoms with Gasteiger partial charge < -0.3 is 5.11 Å². The maximum atomic E-state index is 11.7. The van der Waals surface area contributed by atoms with E-state index in [1.54, 1.807) is 38.1 Å². The summed E-state index contributed by atoms with van der Waals surface area (Å²) in [4.78, 5) is 11.2. The minimum atomic E-state index is -3.09. The first-order valence-electron chi connectivity index (χ1n) is 6.34. The van der Waals surface area contributed by atoms with Crippen LogP contribution < -0.4 is 0 Å². The topological polar surface area (TPSA) is 71.4 Å². The molecule has 0 amide bonds. The summed E-state index contributed by atoms with van der Waals surface area (Å²) in [5.41, 5.74) is 0.719. The monoisotopic (exact) mass is 284 g/mol. The summed E-state index contributed by atoms with van der Waals surface area (Å²) in [6.45, 7) is 3.28. The number of carboxylic acid groups (broad SMARTS) is 1. The van der Waals surface area contributed by atoms with E-state index >= 15 is 0 Å². The van der Waals surface area contributed by atoms with Crippen LogP contribution in [0.4, 0.5) is 0 Å². The van der Waals surface area contributed by atoms with Crippen molar-refractivity contribution in [3.8, 4) is 0 Å². The molecule has 0 saturated heterocycles. The van der Waals surface area contributed by atoms with E-state index in [1.807, 2.05) is 6.07 Å². The molecular weight excluding hydrogens is 264 g/mol. The van der Waals surface area contributed by atoms with Crippen molar-refractivity contribution in [1.82, 2.24) is 0 Å². The molecule has 1 rings (SSSR count). The van der Waals surface area contributed by atoms with Crippen LogP contribution in [-0.2, 0) is 14.6 Å². The van der Waals surface area contributed by atoms with Gasteiger partial charge in [-0.25, -0.2) is 8.42 Å². The van der Waals surface area contributed by atoms with Crippen LogP contribution >= 0.6 is 0 Å². The van der Waals surface area contributed by atoms with Crippen LogP contribution in [0.15, 0.2) is 30.3 Å². The molecule has 0 aromatic heterocycles. The van der Waals surface area contributed by atoms with Crippen molar-refractivity contribution < 1.29 is 18.3 Å². The fourth-order valence-electron chi connectivity index (χ4n) is 1.84. The Morgan fingerprint density at radius 1 is 1.21 bits per heavy atom. The fraction of sp³-hybridized carbons (Fsp3) is 0.500. The predicted molar refractivity (Wildman–Crippen MR) is 75.0 cm³/mol. The highest BCUT2D eigenvalue weighted by molar-refractivity contribution is 7.91. The SMILES string of the molecule is CC(C)S(=O)(=O)CCCC(C(=O)O)c1ccccc1. The molecule has 1 aromatic rings. The van der Waals surface area contributed by atoms with Crippen LogP contribution in [0.25, 0.3) is 0 Å². The minimum absolute atomic E-state index is 0.0429. The number of hydrogen-bond acceptors (Lipinski definition) is 3. The number of carboxylic acids is 1. The molecule has 0 radical (unpaired) electrons. The van der Waals surface area contributed by atoms with Gasteiger partial charge in [0.1, 0.15) is 0 Å². The van der Waals surface area contributed by atoms with Crippen molar-refractivity contribution in [2.75, 3.05) is 5.75 Å². The van der Waals surface area contributed by atoms with Gasteiger partial charge in [0.05, 0.1) is 16.9 Å². The first kappa shape index (κ1) is 15.7. The van der Waals surface area contributed by atoms with E-state index in [9.17, 15) is 18.3 Å². The lowest BCUT2D eigenvalue weighted by Crippen LogP contribution is -2.19. The maximum Gasteiger partial charge on any atom is 0.310 e. The number of hydrogen-bond donors (Lipinski definition) is 1. The second-order valence-corrected chi connectivity index (χ2v) is 7.54. The average molecular weight is 284 g/mol. The standard InChI is InChI=1S/C14H20O4S/c1-11(2)19(17,18)10-6-9-13(14(15)16)12-7-4-3-5-8-12/h3-5,7-8,11,13H,6,9-10H2,1-2H3,(H,15,16). The normalized spacial score (nSPS) is 13.4. The van der Waals surface area contributed by atoms with Crippen LogP contribution in [0.2, 0.25) is 0 Å². The summed E-state index contributed by atoms with van der Waals surface area (Å²) < 4.78 is 23.3. The van der Waals surface area contributed by atoms with Crippen molar-refractivity contribution in [2.45, 2.75) is 37.9 Å². The average Bonchev–Trinajstić information content (AvgIpc) is 2.35. The Morgan fingerprint density at radius 3 is 2.26 bits per heavy atom. The van der Waals surface area contributed by atoms with Gasteiger partial charge in [0.2, 0.25) is 0 Å². The molecule has 1 unspecified atom stereocenters. The highest BCUT2D eigenvalue weighted by atomic mass is 32.2. The third-order valence-corrected chi connectivity index (χ3v) is 5.43. The Morgan fingerprint density at radius 2 is 1.79 bits per heavy atom. The molecule has 0 aliphatic heterocycles. The molecule has 0 saturated carbocycles. The molecule has 0 aliphatic rings. The molecule has 0 aliphatic carbocycles. The van der Waals surface area contributed by atoms with Gasteiger partial charge >= 0.3 is 5.97 Å². The van der Waals surface area contributed by atoms with Crippen LogP contribution in [-0.4, -0.2) is 30.5 Å². The third-order valence-electron chi connectivity index (χ3n) is 3.14. The fourth-order valence-corrected chi connectivity index (χ4v) is 2.88. The lowest BCUT2D eigenvalue weighted by Gasteiger charge is -2.13. The van der Waals surface area contributed by atoms with Crippen LogP contribution in [0.5, 0.6) is 0 Å². The summed E-state index contributed by atoms with van der Waals surface area (Å²) >= 11 is 0. The Hall–Kier alpha value is -1.36. The molecule has 19 heavy (non-hydrogen) atoms. The van der Waals surface area contributed by atoms with Gasteiger partial charge in [-0.1, -0.05) is 30.3 Å². The smallest absolute Gasteiger partial charge is 0.310 e. The van der Waals surface area contributed by atoms with Gasteiger partial charge in [0.25, 0.3) is 0 Å². The molecule has 106 valence electrons. The first-order valence-corrected chi connectivity index (χ1v) is 8.05. The molecule has 4 nitrogen and oxygen atoms in total. The summed E-state index contributed by atoms with van der Waals surface area (Å²) in [5.74, 6) is -1.50. The maximum absolute atomic E-state index is 11.7. The summed E-state index contributed by atoms with van der Waals surface area (Å²) in [5, 5.41) is 8.81. The quantitative estimate of drug-likeness (QED) is 0.835. The Bertz CT molecular complexity index is 506. The van der Waals surface area contributed by atoms with Gasteiger partial charge in [-0.2, -0.15) is 0 Å². The second-order valence-electron chi connectivity index (χ2n) is 4.86. The van der Waals surface area contributed by atoms with E-state index in [1.165, 1.54) is 0 Å². The van der Waals surface area contributed by atoms with Gasteiger partial charge in [0.15, 0.2) is 9.84 Å².